The average Bonchev–Trinajstić information content (AvgIpc) is 3.92. The molecular formula is C58H39N3. The number of pyridine rings is 1. The van der Waals surface area contributed by atoms with E-state index in [9.17, 15) is 0 Å². The molecule has 0 bridgehead atoms. The number of fused-ring (bicyclic) bond motifs is 13. The van der Waals surface area contributed by atoms with Crippen LogP contribution in [0, 0.1) is 0 Å². The third-order valence-electron chi connectivity index (χ3n) is 13.5. The largest absolute Gasteiger partial charge is 0.309 e. The van der Waals surface area contributed by atoms with Crippen molar-refractivity contribution in [3.8, 4) is 44.9 Å². The summed E-state index contributed by atoms with van der Waals surface area (Å²) in [7, 11) is 0. The highest BCUT2D eigenvalue weighted by Crippen LogP contribution is 2.53. The van der Waals surface area contributed by atoms with E-state index in [1.807, 2.05) is 0 Å². The van der Waals surface area contributed by atoms with Crippen molar-refractivity contribution in [3.05, 3.63) is 211 Å². The number of para-hydroxylation sites is 5. The molecule has 9 aromatic carbocycles. The monoisotopic (exact) mass is 777 g/mol. The minimum absolute atomic E-state index is 0.180. The summed E-state index contributed by atoms with van der Waals surface area (Å²) in [5.74, 6) is 0. The van der Waals surface area contributed by atoms with Gasteiger partial charge in [-0.1, -0.05) is 166 Å². The Bertz CT molecular complexity index is 3550. The minimum Gasteiger partial charge on any atom is -0.309 e. The number of hydrogen-bond acceptors (Lipinski definition) is 1. The number of nitrogens with zero attached hydrogens (tertiary/aromatic N) is 3. The Morgan fingerprint density at radius 2 is 0.852 bits per heavy atom. The quantitative estimate of drug-likeness (QED) is 0.163. The highest BCUT2D eigenvalue weighted by atomic mass is 15.0. The van der Waals surface area contributed by atoms with Gasteiger partial charge in [-0.2, -0.15) is 0 Å². The molecule has 1 aliphatic rings. The topological polar surface area (TPSA) is 22.8 Å². The van der Waals surface area contributed by atoms with Crippen LogP contribution in [0.2, 0.25) is 0 Å². The van der Waals surface area contributed by atoms with Gasteiger partial charge < -0.3 is 9.13 Å². The number of aromatic nitrogens is 3. The van der Waals surface area contributed by atoms with Crippen molar-refractivity contribution in [1.29, 1.82) is 0 Å². The molecule has 0 saturated heterocycles. The molecule has 0 amide bonds. The van der Waals surface area contributed by atoms with E-state index in [4.69, 9.17) is 4.98 Å². The molecule has 3 heterocycles. The van der Waals surface area contributed by atoms with E-state index in [0.29, 0.717) is 0 Å². The molecule has 0 fully saturated rings. The Hall–Kier alpha value is -7.75. The highest BCUT2D eigenvalue weighted by molar-refractivity contribution is 6.15. The molecule has 1 aliphatic carbocycles. The Labute approximate surface area is 353 Å². The van der Waals surface area contributed by atoms with Crippen molar-refractivity contribution in [2.75, 3.05) is 0 Å². The molecule has 286 valence electrons. The van der Waals surface area contributed by atoms with Gasteiger partial charge in [-0.25, -0.2) is 4.98 Å². The predicted octanol–water partition coefficient (Wildman–Crippen LogP) is 15.2. The van der Waals surface area contributed by atoms with Crippen molar-refractivity contribution >= 4 is 65.3 Å². The van der Waals surface area contributed by atoms with E-state index in [1.165, 1.54) is 82.0 Å². The minimum atomic E-state index is -0.180. The Kier molecular flexibility index (Phi) is 7.07. The first-order valence-corrected chi connectivity index (χ1v) is 21.2. The van der Waals surface area contributed by atoms with Crippen molar-refractivity contribution in [1.82, 2.24) is 14.1 Å². The normalized spacial score (nSPS) is 13.2. The van der Waals surface area contributed by atoms with Crippen LogP contribution in [0.15, 0.2) is 200 Å². The maximum atomic E-state index is 5.49. The van der Waals surface area contributed by atoms with E-state index in [2.05, 4.69) is 223 Å². The van der Waals surface area contributed by atoms with Gasteiger partial charge in [0.25, 0.3) is 0 Å². The van der Waals surface area contributed by atoms with Gasteiger partial charge in [0, 0.05) is 54.7 Å². The third-order valence-corrected chi connectivity index (χ3v) is 13.5. The zero-order chi connectivity index (χ0) is 40.4. The van der Waals surface area contributed by atoms with Crippen LogP contribution in [0.4, 0.5) is 0 Å². The van der Waals surface area contributed by atoms with Crippen molar-refractivity contribution in [2.45, 2.75) is 19.3 Å². The van der Waals surface area contributed by atoms with Crippen LogP contribution in [-0.4, -0.2) is 14.1 Å². The van der Waals surface area contributed by atoms with E-state index in [1.54, 1.807) is 0 Å². The lowest BCUT2D eigenvalue weighted by atomic mass is 9.79. The third kappa shape index (κ3) is 4.83. The van der Waals surface area contributed by atoms with Gasteiger partial charge in [0.2, 0.25) is 0 Å². The fraction of sp³-hybridized carbons (Fsp3) is 0.0517. The smallest absolute Gasteiger partial charge is 0.0791 e. The summed E-state index contributed by atoms with van der Waals surface area (Å²) in [5, 5.41) is 8.68. The summed E-state index contributed by atoms with van der Waals surface area (Å²) in [6, 6.07) is 73.5. The van der Waals surface area contributed by atoms with E-state index in [0.717, 1.165) is 39.3 Å². The first-order chi connectivity index (χ1) is 30.0. The average molecular weight is 778 g/mol. The zero-order valence-corrected chi connectivity index (χ0v) is 33.9. The molecule has 0 aliphatic heterocycles. The molecule has 13 rings (SSSR count). The fourth-order valence-corrected chi connectivity index (χ4v) is 10.8. The lowest BCUT2D eigenvalue weighted by Crippen LogP contribution is -2.16. The molecule has 3 nitrogen and oxygen atoms in total. The van der Waals surface area contributed by atoms with Gasteiger partial charge in [-0.05, 0) is 87.3 Å². The molecule has 0 spiro atoms. The summed E-state index contributed by atoms with van der Waals surface area (Å²) in [5.41, 5.74) is 17.6. The molecule has 0 unspecified atom stereocenters. The lowest BCUT2D eigenvalue weighted by molar-refractivity contribution is 0.666. The molecule has 0 radical (unpaired) electrons. The SMILES string of the molecule is CC1(C)c2ccccc2-c2ccc3c(c(-c4ccc(-c5cc(-n6c7ccccc7c7ccccc76)cc(-n6c7ccccc7c7ccccc76)c5)cc4)nc4ccccc43)c21. The standard InChI is InChI=1S/C58H39N3/c1-58(2)49-21-9-3-15-41(49)48-32-31-47-42-16-4-10-22-50(42)59-57(55(47)56(48)58)37-29-27-36(28-30-37)38-33-39(60-51-23-11-5-17-43(51)44-18-6-12-24-52(44)60)35-40(34-38)61-53-25-13-7-19-45(53)46-20-8-14-26-54(46)61/h3-35H,1-2H3. The second-order valence-corrected chi connectivity index (χ2v) is 17.1. The van der Waals surface area contributed by atoms with Gasteiger partial charge in [-0.3, -0.25) is 0 Å². The van der Waals surface area contributed by atoms with Crippen molar-refractivity contribution in [2.24, 2.45) is 0 Å². The van der Waals surface area contributed by atoms with Crippen LogP contribution >= 0.6 is 0 Å². The van der Waals surface area contributed by atoms with Crippen LogP contribution in [0.25, 0.3) is 110 Å². The first kappa shape index (κ1) is 34.1. The molecule has 61 heavy (non-hydrogen) atoms. The second kappa shape index (κ2) is 12.6. The molecule has 0 saturated carbocycles. The molecule has 0 atom stereocenters. The number of benzene rings is 9. The van der Waals surface area contributed by atoms with Crippen LogP contribution in [-0.2, 0) is 5.41 Å². The molecular weight excluding hydrogens is 739 g/mol. The van der Waals surface area contributed by atoms with Gasteiger partial charge in [0.1, 0.15) is 0 Å². The van der Waals surface area contributed by atoms with Crippen molar-refractivity contribution in [3.63, 3.8) is 0 Å². The van der Waals surface area contributed by atoms with Gasteiger partial charge in [0.05, 0.1) is 33.3 Å². The first-order valence-electron chi connectivity index (χ1n) is 21.2. The number of rotatable bonds is 4. The van der Waals surface area contributed by atoms with Crippen LogP contribution < -0.4 is 0 Å². The van der Waals surface area contributed by atoms with Crippen LogP contribution in [0.1, 0.15) is 25.0 Å². The summed E-state index contributed by atoms with van der Waals surface area (Å²) < 4.78 is 4.87. The Balaban J connectivity index is 1.05. The van der Waals surface area contributed by atoms with E-state index < -0.39 is 0 Å². The summed E-state index contributed by atoms with van der Waals surface area (Å²) >= 11 is 0. The molecule has 3 aromatic heterocycles. The van der Waals surface area contributed by atoms with Gasteiger partial charge in [0.15, 0.2) is 0 Å². The Morgan fingerprint density at radius 1 is 0.377 bits per heavy atom. The van der Waals surface area contributed by atoms with E-state index in [-0.39, 0.29) is 5.41 Å². The van der Waals surface area contributed by atoms with Gasteiger partial charge >= 0.3 is 0 Å². The zero-order valence-electron chi connectivity index (χ0n) is 33.9. The van der Waals surface area contributed by atoms with Crippen LogP contribution in [0.3, 0.4) is 0 Å². The highest BCUT2D eigenvalue weighted by Gasteiger charge is 2.38. The van der Waals surface area contributed by atoms with Crippen LogP contribution in [0.5, 0.6) is 0 Å². The molecule has 3 heteroatoms. The fourth-order valence-electron chi connectivity index (χ4n) is 10.8. The summed E-state index contributed by atoms with van der Waals surface area (Å²) in [4.78, 5) is 5.49. The second-order valence-electron chi connectivity index (χ2n) is 17.1. The maximum Gasteiger partial charge on any atom is 0.0791 e. The maximum absolute atomic E-state index is 5.49. The van der Waals surface area contributed by atoms with E-state index >= 15 is 0 Å². The number of hydrogen-bond donors (Lipinski definition) is 0. The summed E-state index contributed by atoms with van der Waals surface area (Å²) in [6.45, 7) is 4.75. The van der Waals surface area contributed by atoms with Crippen molar-refractivity contribution < 1.29 is 0 Å². The van der Waals surface area contributed by atoms with Gasteiger partial charge in [-0.15, -0.1) is 0 Å². The predicted molar refractivity (Wildman–Crippen MR) is 256 cm³/mol. The Morgan fingerprint density at radius 3 is 1.43 bits per heavy atom. The molecule has 0 N–H and O–H groups in total. The summed E-state index contributed by atoms with van der Waals surface area (Å²) in [6.07, 6.45) is 0. The molecule has 12 aromatic rings. The lowest BCUT2D eigenvalue weighted by Gasteiger charge is -2.25.